The number of phenols is 1. The van der Waals surface area contributed by atoms with E-state index in [1.54, 1.807) is 36.4 Å². The Morgan fingerprint density at radius 1 is 1.11 bits per heavy atom. The molecule has 2 aromatic carbocycles. The highest BCUT2D eigenvalue weighted by molar-refractivity contribution is 7.12. The van der Waals surface area contributed by atoms with Gasteiger partial charge in [-0.15, -0.1) is 22.7 Å². The molecule has 6 rings (SSSR count). The number of carbonyl (C=O) groups is 3. The lowest BCUT2D eigenvalue weighted by Crippen LogP contribution is -2.42. The smallest absolute Gasteiger partial charge is 0.411 e. The Hall–Kier alpha value is -4.42. The number of ether oxygens (including phenoxy) is 4. The predicted molar refractivity (Wildman–Crippen MR) is 208 cm³/mol. The first-order chi connectivity index (χ1) is 26.5. The number of aromatic hydroxyl groups is 1. The third-order valence-corrected chi connectivity index (χ3v) is 11.9. The second-order valence-corrected chi connectivity index (χ2v) is 15.6. The zero-order chi connectivity index (χ0) is 39.1. The summed E-state index contributed by atoms with van der Waals surface area (Å²) < 4.78 is 22.3. The maximum Gasteiger partial charge on any atom is 0.411 e. The zero-order valence-corrected chi connectivity index (χ0v) is 32.6. The van der Waals surface area contributed by atoms with E-state index in [1.165, 1.54) is 41.9 Å². The van der Waals surface area contributed by atoms with Crippen molar-refractivity contribution in [3.63, 3.8) is 0 Å². The van der Waals surface area contributed by atoms with Crippen LogP contribution in [0.1, 0.15) is 52.7 Å². The van der Waals surface area contributed by atoms with Crippen molar-refractivity contribution < 1.29 is 48.7 Å². The van der Waals surface area contributed by atoms with Gasteiger partial charge in [0.05, 0.1) is 33.7 Å². The highest BCUT2D eigenvalue weighted by Gasteiger charge is 2.45. The van der Waals surface area contributed by atoms with Gasteiger partial charge in [-0.25, -0.2) is 9.59 Å². The van der Waals surface area contributed by atoms with Crippen LogP contribution in [-0.2, 0) is 31.2 Å². The van der Waals surface area contributed by atoms with E-state index in [4.69, 9.17) is 30.5 Å². The number of halogens is 1. The van der Waals surface area contributed by atoms with Gasteiger partial charge in [-0.1, -0.05) is 23.7 Å². The summed E-state index contributed by atoms with van der Waals surface area (Å²) in [6.07, 6.45) is 0.839. The number of hydrogen-bond donors (Lipinski definition) is 6. The average Bonchev–Trinajstić information content (AvgIpc) is 3.93. The molecule has 0 radical (unpaired) electrons. The van der Waals surface area contributed by atoms with Gasteiger partial charge in [0.2, 0.25) is 5.60 Å². The number of methoxy groups -OCH3 is 1. The highest BCUT2D eigenvalue weighted by atomic mass is 35.5. The molecular weight excluding hydrogens is 772 g/mol. The van der Waals surface area contributed by atoms with E-state index in [-0.39, 0.29) is 60.7 Å². The number of esters is 1. The molecule has 14 nitrogen and oxygen atoms in total. The monoisotopic (exact) mass is 814 g/mol. The molecule has 1 aliphatic carbocycles. The van der Waals surface area contributed by atoms with Gasteiger partial charge in [0.15, 0.2) is 12.4 Å². The molecule has 4 aromatic rings. The van der Waals surface area contributed by atoms with E-state index in [0.29, 0.717) is 51.7 Å². The molecule has 3 heterocycles. The van der Waals surface area contributed by atoms with Crippen LogP contribution in [0.5, 0.6) is 17.2 Å². The van der Waals surface area contributed by atoms with Gasteiger partial charge >= 0.3 is 12.1 Å². The number of anilines is 2. The SMILES string of the molecule is COc1cc(NC(=O)OCCN(C)C2CCC(OC(=O)C(O)(c3cccs3)c3cccs3)CC2)c(Cl)cc1CNC[C@@H](O)c1ccc(O)c2c1OCC(=O)N2. The average molecular weight is 815 g/mol. The number of aliphatic hydroxyl groups excluding tert-OH is 1. The van der Waals surface area contributed by atoms with Crippen molar-refractivity contribution in [1.29, 1.82) is 0 Å². The number of likely N-dealkylation sites (N-methyl/N-ethyl adjacent to an activating group) is 1. The van der Waals surface area contributed by atoms with Gasteiger partial charge < -0.3 is 49.8 Å². The fourth-order valence-corrected chi connectivity index (χ4v) is 8.60. The van der Waals surface area contributed by atoms with Crippen molar-refractivity contribution in [3.05, 3.63) is 85.2 Å². The van der Waals surface area contributed by atoms with Crippen LogP contribution in [0.15, 0.2) is 59.3 Å². The molecular formula is C38H43ClN4O10S2. The number of aliphatic hydroxyl groups is 2. The van der Waals surface area contributed by atoms with Gasteiger partial charge in [-0.3, -0.25) is 10.1 Å². The molecule has 0 saturated heterocycles. The molecule has 55 heavy (non-hydrogen) atoms. The predicted octanol–water partition coefficient (Wildman–Crippen LogP) is 5.60. The first kappa shape index (κ1) is 40.2. The summed E-state index contributed by atoms with van der Waals surface area (Å²) in [6.45, 7) is 0.744. The normalized spacial score (nSPS) is 17.5. The number of amides is 2. The number of hydrogen-bond acceptors (Lipinski definition) is 14. The van der Waals surface area contributed by atoms with Crippen LogP contribution in [0, 0.1) is 0 Å². The van der Waals surface area contributed by atoms with E-state index < -0.39 is 29.7 Å². The molecule has 6 N–H and O–H groups in total. The van der Waals surface area contributed by atoms with Gasteiger partial charge in [-0.2, -0.15) is 0 Å². The minimum absolute atomic E-state index is 0.0985. The summed E-state index contributed by atoms with van der Waals surface area (Å²) in [6, 6.07) is 13.4. The summed E-state index contributed by atoms with van der Waals surface area (Å²) >= 11 is 9.15. The fraction of sp³-hybridized carbons (Fsp3) is 0.395. The van der Waals surface area contributed by atoms with E-state index in [2.05, 4.69) is 20.9 Å². The quantitative estimate of drug-likeness (QED) is 0.0645. The molecule has 1 fully saturated rings. The maximum atomic E-state index is 13.3. The molecule has 1 aliphatic heterocycles. The lowest BCUT2D eigenvalue weighted by Gasteiger charge is -2.35. The molecule has 294 valence electrons. The number of nitrogens with zero attached hydrogens (tertiary/aromatic N) is 1. The van der Waals surface area contributed by atoms with Gasteiger partial charge in [0.25, 0.3) is 5.91 Å². The molecule has 0 spiro atoms. The van der Waals surface area contributed by atoms with Crippen molar-refractivity contribution in [2.24, 2.45) is 0 Å². The summed E-state index contributed by atoms with van der Waals surface area (Å²) in [5, 5.41) is 44.7. The van der Waals surface area contributed by atoms with Gasteiger partial charge in [0.1, 0.15) is 29.9 Å². The van der Waals surface area contributed by atoms with Crippen molar-refractivity contribution in [2.75, 3.05) is 51.1 Å². The Labute approximate surface area is 330 Å². The van der Waals surface area contributed by atoms with Crippen molar-refractivity contribution in [3.8, 4) is 17.2 Å². The molecule has 1 saturated carbocycles. The van der Waals surface area contributed by atoms with Crippen LogP contribution in [0.4, 0.5) is 16.2 Å². The molecule has 17 heteroatoms. The topological polar surface area (TPSA) is 188 Å². The second kappa shape index (κ2) is 18.0. The largest absolute Gasteiger partial charge is 0.506 e. The second-order valence-electron chi connectivity index (χ2n) is 13.2. The highest BCUT2D eigenvalue weighted by Crippen LogP contribution is 2.42. The number of fused-ring (bicyclic) bond motifs is 1. The van der Waals surface area contributed by atoms with Crippen molar-refractivity contribution in [2.45, 2.75) is 56.1 Å². The van der Waals surface area contributed by atoms with Crippen LogP contribution < -0.4 is 25.4 Å². The van der Waals surface area contributed by atoms with Crippen LogP contribution >= 0.6 is 34.3 Å². The molecule has 0 bridgehead atoms. The summed E-state index contributed by atoms with van der Waals surface area (Å²) in [5.41, 5.74) is -0.348. The Kier molecular flexibility index (Phi) is 13.2. The van der Waals surface area contributed by atoms with Crippen LogP contribution in [0.3, 0.4) is 0 Å². The summed E-state index contributed by atoms with van der Waals surface area (Å²) in [7, 11) is 3.45. The maximum absolute atomic E-state index is 13.3. The van der Waals surface area contributed by atoms with Crippen molar-refractivity contribution >= 4 is 63.6 Å². The van der Waals surface area contributed by atoms with Gasteiger partial charge in [0, 0.05) is 42.9 Å². The Balaban J connectivity index is 0.933. The molecule has 2 aromatic heterocycles. The third-order valence-electron chi connectivity index (χ3n) is 9.67. The number of thiophene rings is 2. The van der Waals surface area contributed by atoms with Crippen LogP contribution in [-0.4, -0.2) is 90.8 Å². The number of rotatable bonds is 15. The number of phenolic OH excluding ortho intramolecular Hbond substituents is 1. The summed E-state index contributed by atoms with van der Waals surface area (Å²) in [4.78, 5) is 40.9. The van der Waals surface area contributed by atoms with Crippen LogP contribution in [0.2, 0.25) is 5.02 Å². The Morgan fingerprint density at radius 3 is 2.47 bits per heavy atom. The minimum Gasteiger partial charge on any atom is -0.506 e. The first-order valence-electron chi connectivity index (χ1n) is 17.7. The van der Waals surface area contributed by atoms with Gasteiger partial charge in [-0.05, 0) is 73.8 Å². The summed E-state index contributed by atoms with van der Waals surface area (Å²) in [5.74, 6) is -0.574. The lowest BCUT2D eigenvalue weighted by atomic mass is 9.91. The third kappa shape index (κ3) is 9.35. The number of nitrogens with one attached hydrogen (secondary N) is 3. The number of carbonyl (C=O) groups excluding carboxylic acids is 3. The molecule has 2 aliphatic rings. The first-order valence-corrected chi connectivity index (χ1v) is 19.8. The molecule has 0 unspecified atom stereocenters. The van der Waals surface area contributed by atoms with E-state index >= 15 is 0 Å². The Bertz CT molecular complexity index is 1920. The van der Waals surface area contributed by atoms with Crippen molar-refractivity contribution in [1.82, 2.24) is 10.2 Å². The Morgan fingerprint density at radius 2 is 1.82 bits per heavy atom. The van der Waals surface area contributed by atoms with E-state index in [0.717, 1.165) is 12.8 Å². The fourth-order valence-electron chi connectivity index (χ4n) is 6.66. The standard InChI is InChI=1S/C38H43ClN4O10S2/c1-43(23-7-9-24(10-8-23)53-36(47)38(49,31-5-3-15-54-31)32-6-4-16-55-32)13-14-51-37(48)41-27-18-30(50-2)22(17-26(27)39)19-40-20-29(45)25-11-12-28(44)34-35(25)52-21-33(46)42-34/h3-6,11-12,15-18,23-24,29,40,44-45,49H,7-10,13-14,19-21H2,1-2H3,(H,41,48)(H,42,46)/t23?,24?,29-/m1/s1. The molecule has 2 amide bonds. The molecule has 1 atom stereocenters. The zero-order valence-electron chi connectivity index (χ0n) is 30.2. The van der Waals surface area contributed by atoms with E-state index in [9.17, 15) is 29.7 Å². The number of benzene rings is 2. The lowest BCUT2D eigenvalue weighted by molar-refractivity contribution is -0.169. The minimum atomic E-state index is -1.83. The van der Waals surface area contributed by atoms with Crippen LogP contribution in [0.25, 0.3) is 0 Å². The van der Waals surface area contributed by atoms with E-state index in [1.807, 2.05) is 17.8 Å².